The van der Waals surface area contributed by atoms with Gasteiger partial charge in [0.2, 0.25) is 0 Å². The summed E-state index contributed by atoms with van der Waals surface area (Å²) in [5.41, 5.74) is -0.123. The highest BCUT2D eigenvalue weighted by atomic mass is 16.5. The van der Waals surface area contributed by atoms with Gasteiger partial charge in [-0.15, -0.1) is 0 Å². The van der Waals surface area contributed by atoms with E-state index < -0.39 is 11.6 Å². The van der Waals surface area contributed by atoms with Crippen molar-refractivity contribution in [1.29, 1.82) is 0 Å². The van der Waals surface area contributed by atoms with Crippen LogP contribution in [0.5, 0.6) is 0 Å². The van der Waals surface area contributed by atoms with E-state index in [2.05, 4.69) is 13.0 Å². The maximum atomic E-state index is 11.8. The normalized spacial score (nSPS) is 40.0. The molecule has 1 heterocycles. The lowest BCUT2D eigenvalue weighted by Gasteiger charge is -2.21. The van der Waals surface area contributed by atoms with Gasteiger partial charge in [-0.05, 0) is 51.2 Å². The standard InChI is InChI=1S/C18H28O4/c1-13-7-6-8-14(2)16(21-5)9-11-18(4,20)12-10-17(19)22-15(13)3/h8-13,15-16,20H,6-7H2,1-5H3/b11-9+,12-10+,14-8+/t13-,15+,16-,18-/m0/s1. The van der Waals surface area contributed by atoms with Crippen LogP contribution in [0.25, 0.3) is 0 Å². The fourth-order valence-corrected chi connectivity index (χ4v) is 2.25. The lowest BCUT2D eigenvalue weighted by molar-refractivity contribution is -0.144. The van der Waals surface area contributed by atoms with Crippen molar-refractivity contribution in [2.45, 2.75) is 58.3 Å². The Morgan fingerprint density at radius 2 is 2.05 bits per heavy atom. The van der Waals surface area contributed by atoms with Gasteiger partial charge in [0.25, 0.3) is 0 Å². The van der Waals surface area contributed by atoms with E-state index in [1.165, 1.54) is 12.2 Å². The summed E-state index contributed by atoms with van der Waals surface area (Å²) in [5.74, 6) is -0.165. The number of hydrogen-bond donors (Lipinski definition) is 1. The molecule has 124 valence electrons. The molecule has 0 amide bonds. The van der Waals surface area contributed by atoms with Gasteiger partial charge < -0.3 is 14.6 Å². The second-order valence-electron chi connectivity index (χ2n) is 6.22. The summed E-state index contributed by atoms with van der Waals surface area (Å²) in [4.78, 5) is 11.8. The van der Waals surface area contributed by atoms with E-state index >= 15 is 0 Å². The molecule has 0 fully saturated rings. The fourth-order valence-electron chi connectivity index (χ4n) is 2.25. The zero-order valence-corrected chi connectivity index (χ0v) is 14.2. The number of methoxy groups -OCH3 is 1. The van der Waals surface area contributed by atoms with E-state index in [4.69, 9.17) is 9.47 Å². The molecule has 1 aliphatic rings. The van der Waals surface area contributed by atoms with Crippen LogP contribution < -0.4 is 0 Å². The van der Waals surface area contributed by atoms with Crippen LogP contribution in [0.4, 0.5) is 0 Å². The first-order valence-electron chi connectivity index (χ1n) is 7.76. The molecule has 0 saturated carbocycles. The maximum Gasteiger partial charge on any atom is 0.330 e. The third-order valence-corrected chi connectivity index (χ3v) is 4.06. The predicted molar refractivity (Wildman–Crippen MR) is 87.4 cm³/mol. The molecule has 0 aromatic carbocycles. The molecule has 0 radical (unpaired) electrons. The molecule has 4 atom stereocenters. The summed E-state index contributed by atoms with van der Waals surface area (Å²) < 4.78 is 10.8. The molecule has 0 aliphatic carbocycles. The molecule has 4 nitrogen and oxygen atoms in total. The largest absolute Gasteiger partial charge is 0.459 e. The number of hydrogen-bond acceptors (Lipinski definition) is 4. The number of allylic oxidation sites excluding steroid dienone is 1. The van der Waals surface area contributed by atoms with E-state index in [0.717, 1.165) is 18.4 Å². The van der Waals surface area contributed by atoms with Gasteiger partial charge in [0, 0.05) is 13.2 Å². The van der Waals surface area contributed by atoms with Gasteiger partial charge in [-0.25, -0.2) is 4.79 Å². The van der Waals surface area contributed by atoms with Crippen LogP contribution in [0, 0.1) is 5.92 Å². The van der Waals surface area contributed by atoms with Crippen molar-refractivity contribution in [1.82, 2.24) is 0 Å². The number of esters is 1. The fraction of sp³-hybridized carbons (Fsp3) is 0.611. The minimum atomic E-state index is -1.23. The van der Waals surface area contributed by atoms with Crippen molar-refractivity contribution in [3.05, 3.63) is 36.0 Å². The van der Waals surface area contributed by atoms with Crippen LogP contribution in [-0.4, -0.2) is 36.0 Å². The van der Waals surface area contributed by atoms with Crippen molar-refractivity contribution in [3.8, 4) is 0 Å². The van der Waals surface area contributed by atoms with Crippen molar-refractivity contribution < 1.29 is 19.4 Å². The summed E-state index contributed by atoms with van der Waals surface area (Å²) in [6.45, 7) is 7.59. The van der Waals surface area contributed by atoms with E-state index in [0.29, 0.717) is 0 Å². The van der Waals surface area contributed by atoms with Crippen molar-refractivity contribution in [2.75, 3.05) is 7.11 Å². The Hall–Kier alpha value is -1.39. The number of aliphatic hydroxyl groups is 1. The average molecular weight is 308 g/mol. The number of carbonyl (C=O) groups excluding carboxylic acids is 1. The minimum Gasteiger partial charge on any atom is -0.459 e. The van der Waals surface area contributed by atoms with Crippen LogP contribution in [0.1, 0.15) is 40.5 Å². The third kappa shape index (κ3) is 6.16. The first kappa shape index (κ1) is 18.7. The van der Waals surface area contributed by atoms with Crippen LogP contribution in [0.15, 0.2) is 36.0 Å². The summed E-state index contributed by atoms with van der Waals surface area (Å²) in [5, 5.41) is 10.3. The van der Waals surface area contributed by atoms with Crippen molar-refractivity contribution >= 4 is 5.97 Å². The van der Waals surface area contributed by atoms with E-state index in [9.17, 15) is 9.90 Å². The molecule has 0 aromatic heterocycles. The number of cyclic esters (lactones) is 1. The minimum absolute atomic E-state index is 0.160. The Morgan fingerprint density at radius 3 is 2.68 bits per heavy atom. The van der Waals surface area contributed by atoms with Crippen LogP contribution >= 0.6 is 0 Å². The topological polar surface area (TPSA) is 55.8 Å². The number of carbonyl (C=O) groups is 1. The highest BCUT2D eigenvalue weighted by Gasteiger charge is 2.18. The van der Waals surface area contributed by atoms with Gasteiger partial charge in [0.05, 0.1) is 11.7 Å². The molecule has 0 aromatic rings. The first-order valence-corrected chi connectivity index (χ1v) is 7.76. The smallest absolute Gasteiger partial charge is 0.330 e. The molecule has 0 spiro atoms. The molecule has 1 N–H and O–H groups in total. The van der Waals surface area contributed by atoms with Gasteiger partial charge >= 0.3 is 5.97 Å². The molecule has 22 heavy (non-hydrogen) atoms. The molecule has 1 rings (SSSR count). The molecular weight excluding hydrogens is 280 g/mol. The summed E-state index contributed by atoms with van der Waals surface area (Å²) in [6.07, 6.45) is 9.78. The lowest BCUT2D eigenvalue weighted by atomic mass is 9.97. The first-order chi connectivity index (χ1) is 10.2. The predicted octanol–water partition coefficient (Wildman–Crippen LogP) is 3.17. The summed E-state index contributed by atoms with van der Waals surface area (Å²) in [7, 11) is 1.64. The Morgan fingerprint density at radius 1 is 1.36 bits per heavy atom. The van der Waals surface area contributed by atoms with Gasteiger partial charge in [0.15, 0.2) is 0 Å². The second kappa shape index (κ2) is 8.30. The zero-order chi connectivity index (χ0) is 16.8. The lowest BCUT2D eigenvalue weighted by Crippen LogP contribution is -2.23. The van der Waals surface area contributed by atoms with Gasteiger partial charge in [-0.3, -0.25) is 0 Å². The summed E-state index contributed by atoms with van der Waals surface area (Å²) >= 11 is 0. The Kier molecular flexibility index (Phi) is 7.04. The summed E-state index contributed by atoms with van der Waals surface area (Å²) in [6, 6.07) is 0. The van der Waals surface area contributed by atoms with Gasteiger partial charge in [-0.2, -0.15) is 0 Å². The molecular formula is C18H28O4. The highest BCUT2D eigenvalue weighted by molar-refractivity contribution is 5.82. The van der Waals surface area contributed by atoms with E-state index in [1.807, 2.05) is 13.8 Å². The molecule has 0 bridgehead atoms. The van der Waals surface area contributed by atoms with Crippen LogP contribution in [0.2, 0.25) is 0 Å². The van der Waals surface area contributed by atoms with Crippen LogP contribution in [0.3, 0.4) is 0 Å². The molecule has 0 saturated heterocycles. The average Bonchev–Trinajstić information content (AvgIpc) is 2.44. The Labute approximate surface area is 133 Å². The van der Waals surface area contributed by atoms with Crippen molar-refractivity contribution in [2.24, 2.45) is 5.92 Å². The number of rotatable bonds is 1. The van der Waals surface area contributed by atoms with Gasteiger partial charge in [-0.1, -0.05) is 25.2 Å². The molecule has 0 unspecified atom stereocenters. The third-order valence-electron chi connectivity index (χ3n) is 4.06. The molecule has 4 heteroatoms. The number of ether oxygens (including phenoxy) is 2. The second-order valence-corrected chi connectivity index (χ2v) is 6.22. The quantitative estimate of drug-likeness (QED) is 0.597. The Balaban J connectivity index is 3.04. The monoisotopic (exact) mass is 308 g/mol. The SMILES string of the molecule is CO[C@H]1/C=C/[C@](C)(O)/C=C/C(=O)O[C@H](C)[C@@H](C)CC/C=C/1C. The Bertz CT molecular complexity index is 460. The zero-order valence-electron chi connectivity index (χ0n) is 14.2. The highest BCUT2D eigenvalue weighted by Crippen LogP contribution is 2.19. The van der Waals surface area contributed by atoms with Crippen LogP contribution in [-0.2, 0) is 14.3 Å². The van der Waals surface area contributed by atoms with E-state index in [1.54, 1.807) is 26.2 Å². The van der Waals surface area contributed by atoms with E-state index in [-0.39, 0.29) is 18.1 Å². The van der Waals surface area contributed by atoms with Crippen molar-refractivity contribution in [3.63, 3.8) is 0 Å². The maximum absolute atomic E-state index is 11.8. The van der Waals surface area contributed by atoms with Gasteiger partial charge in [0.1, 0.15) is 6.10 Å². The molecule has 1 aliphatic heterocycles.